The van der Waals surface area contributed by atoms with Gasteiger partial charge in [-0.15, -0.1) is 5.10 Å². The first kappa shape index (κ1) is 19.6. The van der Waals surface area contributed by atoms with Crippen LogP contribution in [0.4, 0.5) is 5.69 Å². The Hall–Kier alpha value is -3.14. The van der Waals surface area contributed by atoms with Crippen LogP contribution in [0.1, 0.15) is 11.3 Å². The molecule has 0 spiro atoms. The normalized spacial score (nSPS) is 10.7. The summed E-state index contributed by atoms with van der Waals surface area (Å²) in [5.74, 6) is 0.393. The number of nitrogens with zero attached hydrogens (tertiary/aromatic N) is 5. The fourth-order valence-corrected chi connectivity index (χ4v) is 3.34. The van der Waals surface area contributed by atoms with Crippen LogP contribution in [0, 0.1) is 6.92 Å². The van der Waals surface area contributed by atoms with E-state index in [1.165, 1.54) is 24.9 Å². The topological polar surface area (TPSA) is 104 Å². The van der Waals surface area contributed by atoms with E-state index in [0.29, 0.717) is 22.3 Å². The Morgan fingerprint density at radius 2 is 2.04 bits per heavy atom. The third kappa shape index (κ3) is 4.77. The number of hydrogen-bond donors (Lipinski definition) is 1. The summed E-state index contributed by atoms with van der Waals surface area (Å²) in [6.45, 7) is 2.02. The highest BCUT2D eigenvalue weighted by molar-refractivity contribution is 7.98. The van der Waals surface area contributed by atoms with E-state index in [0.717, 1.165) is 5.56 Å². The molecule has 10 heteroatoms. The number of amides is 1. The number of anilines is 1. The molecule has 3 aromatic rings. The zero-order chi connectivity index (χ0) is 20.1. The number of methoxy groups -OCH3 is 1. The first-order valence-electron chi connectivity index (χ1n) is 8.45. The summed E-state index contributed by atoms with van der Waals surface area (Å²) in [6.07, 6.45) is 1.54. The van der Waals surface area contributed by atoms with Crippen molar-refractivity contribution in [3.8, 4) is 5.75 Å². The van der Waals surface area contributed by atoms with E-state index in [4.69, 9.17) is 4.74 Å². The van der Waals surface area contributed by atoms with Gasteiger partial charge in [0.05, 0.1) is 13.3 Å². The average Bonchev–Trinajstić information content (AvgIpc) is 3.08. The van der Waals surface area contributed by atoms with Crippen LogP contribution in [0.25, 0.3) is 0 Å². The van der Waals surface area contributed by atoms with Gasteiger partial charge >= 0.3 is 0 Å². The molecule has 0 bridgehead atoms. The molecule has 1 amide bonds. The molecule has 0 aliphatic heterocycles. The number of rotatable bonds is 7. The lowest BCUT2D eigenvalue weighted by molar-refractivity contribution is -0.116. The number of nitrogens with one attached hydrogen (secondary N) is 1. The quantitative estimate of drug-likeness (QED) is 0.601. The Kier molecular flexibility index (Phi) is 6.09. The molecule has 9 nitrogen and oxygen atoms in total. The number of carbonyl (C=O) groups excluding carboxylic acids is 1. The van der Waals surface area contributed by atoms with Crippen molar-refractivity contribution in [1.82, 2.24) is 24.8 Å². The number of hydrogen-bond acceptors (Lipinski definition) is 7. The van der Waals surface area contributed by atoms with Gasteiger partial charge in [-0.2, -0.15) is 0 Å². The van der Waals surface area contributed by atoms with Crippen LogP contribution < -0.4 is 15.5 Å². The van der Waals surface area contributed by atoms with Crippen molar-refractivity contribution in [2.75, 3.05) is 12.4 Å². The van der Waals surface area contributed by atoms with E-state index in [2.05, 4.69) is 20.8 Å². The van der Waals surface area contributed by atoms with E-state index in [1.54, 1.807) is 22.5 Å². The molecule has 2 heterocycles. The van der Waals surface area contributed by atoms with Gasteiger partial charge in [0.25, 0.3) is 0 Å². The van der Waals surface area contributed by atoms with Crippen LogP contribution in [0.15, 0.2) is 46.5 Å². The van der Waals surface area contributed by atoms with E-state index in [1.807, 2.05) is 31.2 Å². The lowest BCUT2D eigenvalue weighted by atomic mass is 10.2. The number of carbonyl (C=O) groups is 1. The monoisotopic (exact) mass is 400 g/mol. The zero-order valence-corrected chi connectivity index (χ0v) is 16.6. The van der Waals surface area contributed by atoms with Gasteiger partial charge in [-0.05, 0) is 29.5 Å². The van der Waals surface area contributed by atoms with Crippen LogP contribution in [-0.4, -0.2) is 37.8 Å². The number of benzene rings is 1. The molecule has 0 saturated heterocycles. The van der Waals surface area contributed by atoms with Gasteiger partial charge < -0.3 is 14.6 Å². The summed E-state index contributed by atoms with van der Waals surface area (Å²) < 4.78 is 8.35. The Labute approximate surface area is 165 Å². The van der Waals surface area contributed by atoms with Gasteiger partial charge in [-0.3, -0.25) is 9.59 Å². The predicted octanol–water partition coefficient (Wildman–Crippen LogP) is 1.62. The molecule has 0 fully saturated rings. The minimum Gasteiger partial charge on any atom is -0.491 e. The van der Waals surface area contributed by atoms with E-state index < -0.39 is 0 Å². The van der Waals surface area contributed by atoms with E-state index in [9.17, 15) is 9.59 Å². The third-order valence-corrected chi connectivity index (χ3v) is 5.03. The van der Waals surface area contributed by atoms with Crippen molar-refractivity contribution < 1.29 is 9.53 Å². The number of pyridine rings is 1. The molecule has 3 rings (SSSR count). The predicted molar refractivity (Wildman–Crippen MR) is 105 cm³/mol. The fraction of sp³-hybridized carbons (Fsp3) is 0.278. The molecule has 28 heavy (non-hydrogen) atoms. The Morgan fingerprint density at radius 1 is 1.29 bits per heavy atom. The van der Waals surface area contributed by atoms with Crippen molar-refractivity contribution in [2.45, 2.75) is 24.4 Å². The summed E-state index contributed by atoms with van der Waals surface area (Å²) in [6, 6.07) is 9.01. The lowest BCUT2D eigenvalue weighted by Crippen LogP contribution is -2.22. The van der Waals surface area contributed by atoms with Gasteiger partial charge in [-0.25, -0.2) is 4.68 Å². The van der Waals surface area contributed by atoms with E-state index >= 15 is 0 Å². The number of aromatic nitrogens is 5. The van der Waals surface area contributed by atoms with Gasteiger partial charge in [0.2, 0.25) is 16.5 Å². The molecule has 0 aliphatic rings. The minimum atomic E-state index is -0.246. The smallest absolute Gasteiger partial charge is 0.244 e. The van der Waals surface area contributed by atoms with Gasteiger partial charge in [0.1, 0.15) is 6.54 Å². The first-order valence-corrected chi connectivity index (χ1v) is 9.44. The second kappa shape index (κ2) is 8.70. The second-order valence-corrected chi connectivity index (χ2v) is 7.06. The van der Waals surface area contributed by atoms with Crippen molar-refractivity contribution in [1.29, 1.82) is 0 Å². The van der Waals surface area contributed by atoms with Gasteiger partial charge in [0, 0.05) is 30.2 Å². The summed E-state index contributed by atoms with van der Waals surface area (Å²) in [5.41, 5.74) is 2.24. The molecular formula is C18H20N6O3S. The number of ether oxygens (including phenoxy) is 1. The molecule has 0 radical (unpaired) electrons. The highest BCUT2D eigenvalue weighted by Crippen LogP contribution is 2.20. The van der Waals surface area contributed by atoms with Crippen molar-refractivity contribution in [2.24, 2.45) is 7.05 Å². The van der Waals surface area contributed by atoms with E-state index in [-0.39, 0.29) is 23.6 Å². The van der Waals surface area contributed by atoms with Crippen LogP contribution >= 0.6 is 11.8 Å². The Bertz CT molecular complexity index is 1030. The Morgan fingerprint density at radius 3 is 2.68 bits per heavy atom. The maximum atomic E-state index is 12.5. The largest absolute Gasteiger partial charge is 0.491 e. The first-order chi connectivity index (χ1) is 13.5. The highest BCUT2D eigenvalue weighted by atomic mass is 32.2. The maximum absolute atomic E-state index is 12.5. The molecule has 0 saturated carbocycles. The van der Waals surface area contributed by atoms with Gasteiger partial charge in [0.15, 0.2) is 5.75 Å². The van der Waals surface area contributed by atoms with Crippen molar-refractivity contribution in [3.63, 3.8) is 0 Å². The second-order valence-electron chi connectivity index (χ2n) is 6.11. The van der Waals surface area contributed by atoms with Crippen LogP contribution in [0.3, 0.4) is 0 Å². The number of thioether (sulfide) groups is 1. The Balaban J connectivity index is 1.79. The molecule has 0 atom stereocenters. The lowest BCUT2D eigenvalue weighted by Gasteiger charge is -2.14. The standard InChI is InChI=1S/C18H20N6O3S/c1-12-4-6-13(7-5-12)19-17(26)10-24-9-16(27-3)15(25)8-14(24)11-28-18-20-21-22-23(18)2/h4-9H,10-11H2,1-3H3,(H,19,26). The minimum absolute atomic E-state index is 0.0392. The SMILES string of the molecule is COc1cn(CC(=O)Nc2ccc(C)cc2)c(CSc2nnnn2C)cc1=O. The van der Waals surface area contributed by atoms with Crippen LogP contribution in [-0.2, 0) is 24.1 Å². The molecule has 0 aliphatic carbocycles. The molecule has 146 valence electrons. The highest BCUT2D eigenvalue weighted by Gasteiger charge is 2.13. The van der Waals surface area contributed by atoms with Gasteiger partial charge in [-0.1, -0.05) is 29.5 Å². The molecule has 1 N–H and O–H groups in total. The van der Waals surface area contributed by atoms with Crippen molar-refractivity contribution >= 4 is 23.4 Å². The van der Waals surface area contributed by atoms with Crippen LogP contribution in [0.5, 0.6) is 5.75 Å². The summed E-state index contributed by atoms with van der Waals surface area (Å²) in [7, 11) is 3.16. The molecule has 1 aromatic carbocycles. The third-order valence-electron chi connectivity index (χ3n) is 3.98. The average molecular weight is 400 g/mol. The summed E-state index contributed by atoms with van der Waals surface area (Å²) in [5, 5.41) is 14.7. The number of tetrazole rings is 1. The summed E-state index contributed by atoms with van der Waals surface area (Å²) >= 11 is 1.37. The van der Waals surface area contributed by atoms with Crippen LogP contribution in [0.2, 0.25) is 0 Å². The molecular weight excluding hydrogens is 380 g/mol. The number of aryl methyl sites for hydroxylation is 2. The fourth-order valence-electron chi connectivity index (χ4n) is 2.49. The zero-order valence-electron chi connectivity index (χ0n) is 15.7. The molecule has 2 aromatic heterocycles. The summed E-state index contributed by atoms with van der Waals surface area (Å²) in [4.78, 5) is 24.7. The maximum Gasteiger partial charge on any atom is 0.244 e. The van der Waals surface area contributed by atoms with Crippen molar-refractivity contribution in [3.05, 3.63) is 58.0 Å². The molecule has 0 unspecified atom stereocenters.